The van der Waals surface area contributed by atoms with Crippen LogP contribution in [0, 0.1) is 10.1 Å². The number of alkyl halides is 3. The second-order valence-electron chi connectivity index (χ2n) is 3.26. The summed E-state index contributed by atoms with van der Waals surface area (Å²) in [6, 6.07) is 3.58. The zero-order chi connectivity index (χ0) is 13.0. The predicted molar refractivity (Wildman–Crippen MR) is 60.6 cm³/mol. The largest absolute Gasteiger partial charge is 0.298 e. The molecule has 0 aliphatic heterocycles. The Labute approximate surface area is 104 Å². The van der Waals surface area contributed by atoms with Crippen molar-refractivity contribution in [2.75, 3.05) is 5.33 Å². The van der Waals surface area contributed by atoms with Crippen LogP contribution in [0.1, 0.15) is 17.6 Å². The minimum atomic E-state index is -2.94. The van der Waals surface area contributed by atoms with Gasteiger partial charge in [0, 0.05) is 12.0 Å². The molecule has 0 N–H and O–H groups in total. The van der Waals surface area contributed by atoms with Crippen LogP contribution in [0.2, 0.25) is 0 Å². The molecule has 1 aromatic rings. The standard InChI is InChI=1S/C10H8BrF2NO3/c11-5-7(15)4-6-2-1-3-8(10(12)13)9(6)14(16)17/h1-3,10H,4-5H2. The Morgan fingerprint density at radius 3 is 2.59 bits per heavy atom. The highest BCUT2D eigenvalue weighted by Gasteiger charge is 2.25. The van der Waals surface area contributed by atoms with Gasteiger partial charge in [-0.3, -0.25) is 14.9 Å². The fourth-order valence-corrected chi connectivity index (χ4v) is 1.61. The van der Waals surface area contributed by atoms with Crippen LogP contribution in [0.5, 0.6) is 0 Å². The Morgan fingerprint density at radius 2 is 2.12 bits per heavy atom. The molecule has 0 atom stereocenters. The van der Waals surface area contributed by atoms with Crippen LogP contribution >= 0.6 is 15.9 Å². The van der Waals surface area contributed by atoms with E-state index in [4.69, 9.17) is 0 Å². The first-order valence-electron chi connectivity index (χ1n) is 4.59. The smallest absolute Gasteiger partial charge is 0.281 e. The Hall–Kier alpha value is -1.37. The van der Waals surface area contributed by atoms with E-state index in [0.717, 1.165) is 6.07 Å². The summed E-state index contributed by atoms with van der Waals surface area (Å²) >= 11 is 2.91. The van der Waals surface area contributed by atoms with Gasteiger partial charge in [0.15, 0.2) is 0 Å². The number of benzene rings is 1. The summed E-state index contributed by atoms with van der Waals surface area (Å²) in [5.41, 5.74) is -1.32. The maximum atomic E-state index is 12.6. The number of hydrogen-bond acceptors (Lipinski definition) is 3. The van der Waals surface area contributed by atoms with Crippen molar-refractivity contribution in [1.82, 2.24) is 0 Å². The Bertz CT molecular complexity index is 451. The molecule has 0 heterocycles. The minimum absolute atomic E-state index is 0.0113. The molecule has 0 aliphatic carbocycles. The van der Waals surface area contributed by atoms with Gasteiger partial charge in [0.2, 0.25) is 0 Å². The lowest BCUT2D eigenvalue weighted by Crippen LogP contribution is -2.08. The zero-order valence-electron chi connectivity index (χ0n) is 8.53. The molecular formula is C10H8BrF2NO3. The number of nitro groups is 1. The summed E-state index contributed by atoms with van der Waals surface area (Å²) < 4.78 is 25.2. The number of Topliss-reactive ketones (excluding diaryl/α,β-unsaturated/α-hetero) is 1. The number of ketones is 1. The molecule has 0 spiro atoms. The molecule has 0 saturated heterocycles. The van der Waals surface area contributed by atoms with Crippen molar-refractivity contribution in [1.29, 1.82) is 0 Å². The van der Waals surface area contributed by atoms with Crippen LogP contribution in [0.15, 0.2) is 18.2 Å². The number of rotatable bonds is 5. The van der Waals surface area contributed by atoms with Gasteiger partial charge in [0.05, 0.1) is 15.8 Å². The molecule has 0 fully saturated rings. The van der Waals surface area contributed by atoms with Crippen molar-refractivity contribution in [3.05, 3.63) is 39.4 Å². The van der Waals surface area contributed by atoms with E-state index in [2.05, 4.69) is 15.9 Å². The van der Waals surface area contributed by atoms with Crippen LogP contribution in [-0.4, -0.2) is 16.0 Å². The Kier molecular flexibility index (Phi) is 4.68. The number of nitrogens with zero attached hydrogens (tertiary/aromatic N) is 1. The lowest BCUT2D eigenvalue weighted by atomic mass is 10.0. The number of para-hydroxylation sites is 1. The molecule has 17 heavy (non-hydrogen) atoms. The van der Waals surface area contributed by atoms with Gasteiger partial charge in [-0.1, -0.05) is 28.1 Å². The van der Waals surface area contributed by atoms with Crippen LogP contribution in [0.3, 0.4) is 0 Å². The molecule has 0 aliphatic rings. The molecule has 1 aromatic carbocycles. The summed E-state index contributed by atoms with van der Waals surface area (Å²) in [5, 5.41) is 10.8. The van der Waals surface area contributed by atoms with E-state index in [-0.39, 0.29) is 23.1 Å². The molecule has 92 valence electrons. The second-order valence-corrected chi connectivity index (χ2v) is 3.82. The highest BCUT2D eigenvalue weighted by molar-refractivity contribution is 9.09. The lowest BCUT2D eigenvalue weighted by molar-refractivity contribution is -0.387. The first kappa shape index (κ1) is 13.7. The van der Waals surface area contributed by atoms with E-state index in [1.54, 1.807) is 0 Å². The zero-order valence-corrected chi connectivity index (χ0v) is 10.1. The lowest BCUT2D eigenvalue weighted by Gasteiger charge is -2.06. The van der Waals surface area contributed by atoms with Gasteiger partial charge in [0.1, 0.15) is 5.78 Å². The van der Waals surface area contributed by atoms with E-state index >= 15 is 0 Å². The number of nitro benzene ring substituents is 1. The van der Waals surface area contributed by atoms with Crippen molar-refractivity contribution in [2.24, 2.45) is 0 Å². The number of carbonyl (C=O) groups is 1. The third-order valence-corrected chi connectivity index (χ3v) is 2.73. The quantitative estimate of drug-likeness (QED) is 0.477. The number of carbonyl (C=O) groups excluding carboxylic acids is 1. The maximum absolute atomic E-state index is 12.6. The van der Waals surface area contributed by atoms with Gasteiger partial charge in [-0.25, -0.2) is 8.78 Å². The first-order valence-corrected chi connectivity index (χ1v) is 5.71. The molecule has 1 rings (SSSR count). The van der Waals surface area contributed by atoms with E-state index in [1.165, 1.54) is 12.1 Å². The number of hydrogen-bond donors (Lipinski definition) is 0. The predicted octanol–water partition coefficient (Wildman–Crippen LogP) is 3.04. The van der Waals surface area contributed by atoms with Crippen LogP contribution in [0.25, 0.3) is 0 Å². The fourth-order valence-electron chi connectivity index (χ4n) is 1.41. The van der Waals surface area contributed by atoms with E-state index in [1.807, 2.05) is 0 Å². The molecule has 7 heteroatoms. The van der Waals surface area contributed by atoms with Crippen molar-refractivity contribution in [3.63, 3.8) is 0 Å². The monoisotopic (exact) mass is 307 g/mol. The topological polar surface area (TPSA) is 60.2 Å². The Balaban J connectivity index is 3.25. The van der Waals surface area contributed by atoms with E-state index < -0.39 is 22.6 Å². The summed E-state index contributed by atoms with van der Waals surface area (Å²) in [6.07, 6.45) is -3.17. The highest BCUT2D eigenvalue weighted by Crippen LogP contribution is 2.32. The first-order chi connectivity index (χ1) is 7.97. The van der Waals surface area contributed by atoms with Crippen molar-refractivity contribution >= 4 is 27.4 Å². The van der Waals surface area contributed by atoms with Gasteiger partial charge in [-0.15, -0.1) is 0 Å². The normalized spacial score (nSPS) is 10.6. The molecule has 0 aromatic heterocycles. The van der Waals surface area contributed by atoms with Gasteiger partial charge in [0.25, 0.3) is 12.1 Å². The molecule has 0 radical (unpaired) electrons. The van der Waals surface area contributed by atoms with E-state index in [9.17, 15) is 23.7 Å². The van der Waals surface area contributed by atoms with Gasteiger partial charge >= 0.3 is 0 Å². The van der Waals surface area contributed by atoms with Crippen LogP contribution < -0.4 is 0 Å². The summed E-state index contributed by atoms with van der Waals surface area (Å²) in [5.74, 6) is -0.306. The summed E-state index contributed by atoms with van der Waals surface area (Å²) in [4.78, 5) is 21.1. The second kappa shape index (κ2) is 5.81. The molecule has 0 unspecified atom stereocenters. The van der Waals surface area contributed by atoms with Crippen LogP contribution in [-0.2, 0) is 11.2 Å². The average Bonchev–Trinajstić information content (AvgIpc) is 2.28. The molecule has 0 bridgehead atoms. The molecule has 0 amide bonds. The van der Waals surface area contributed by atoms with Crippen molar-refractivity contribution in [2.45, 2.75) is 12.8 Å². The van der Waals surface area contributed by atoms with Gasteiger partial charge in [-0.2, -0.15) is 0 Å². The van der Waals surface area contributed by atoms with Gasteiger partial charge in [-0.05, 0) is 6.07 Å². The third-order valence-electron chi connectivity index (χ3n) is 2.11. The Morgan fingerprint density at radius 1 is 1.47 bits per heavy atom. The van der Waals surface area contributed by atoms with E-state index in [0.29, 0.717) is 0 Å². The fraction of sp³-hybridized carbons (Fsp3) is 0.300. The highest BCUT2D eigenvalue weighted by atomic mass is 79.9. The van der Waals surface area contributed by atoms with Crippen molar-refractivity contribution in [3.8, 4) is 0 Å². The summed E-state index contributed by atoms with van der Waals surface area (Å²) in [6.45, 7) is 0. The molecule has 4 nitrogen and oxygen atoms in total. The number of halogens is 3. The third kappa shape index (κ3) is 3.29. The van der Waals surface area contributed by atoms with Crippen molar-refractivity contribution < 1.29 is 18.5 Å². The van der Waals surface area contributed by atoms with Crippen LogP contribution in [0.4, 0.5) is 14.5 Å². The maximum Gasteiger partial charge on any atom is 0.281 e. The average molecular weight is 308 g/mol. The molecular weight excluding hydrogens is 300 g/mol. The molecule has 0 saturated carbocycles. The SMILES string of the molecule is O=C(CBr)Cc1cccc(C(F)F)c1[N+](=O)[O-]. The van der Waals surface area contributed by atoms with Gasteiger partial charge < -0.3 is 0 Å². The minimum Gasteiger partial charge on any atom is -0.298 e. The summed E-state index contributed by atoms with van der Waals surface area (Å²) in [7, 11) is 0.